The van der Waals surface area contributed by atoms with Crippen LogP contribution in [0.5, 0.6) is 0 Å². The first-order valence-electron chi connectivity index (χ1n) is 10.2. The molecular weight excluding hydrogens is 472 g/mol. The van der Waals surface area contributed by atoms with Gasteiger partial charge in [0.2, 0.25) is 10.0 Å². The molecule has 1 atom stereocenters. The Kier molecular flexibility index (Phi) is 6.88. The molecule has 0 spiro atoms. The highest BCUT2D eigenvalue weighted by Gasteiger charge is 2.23. The van der Waals surface area contributed by atoms with Crippen molar-refractivity contribution in [3.05, 3.63) is 89.7 Å². The summed E-state index contributed by atoms with van der Waals surface area (Å²) in [6.45, 7) is -0.121. The topological polar surface area (TPSA) is 114 Å². The van der Waals surface area contributed by atoms with Gasteiger partial charge in [-0.2, -0.15) is 0 Å². The summed E-state index contributed by atoms with van der Waals surface area (Å²) in [7, 11) is -3.77. The fraction of sp³-hybridized carbons (Fsp3) is 0.125. The van der Waals surface area contributed by atoms with Gasteiger partial charge in [-0.1, -0.05) is 53.6 Å². The van der Waals surface area contributed by atoms with E-state index in [0.29, 0.717) is 11.3 Å². The van der Waals surface area contributed by atoms with Crippen LogP contribution in [-0.2, 0) is 27.8 Å². The molecule has 34 heavy (non-hydrogen) atoms. The molecule has 4 aromatic rings. The van der Waals surface area contributed by atoms with E-state index in [1.165, 1.54) is 10.9 Å². The number of thiophene rings is 1. The van der Waals surface area contributed by atoms with Crippen LogP contribution in [0.15, 0.2) is 77.1 Å². The predicted molar refractivity (Wildman–Crippen MR) is 129 cm³/mol. The molecule has 0 aliphatic heterocycles. The number of terminal acetylenes is 1. The maximum atomic E-state index is 12.7. The highest BCUT2D eigenvalue weighted by molar-refractivity contribution is 7.91. The Morgan fingerprint density at radius 1 is 1.12 bits per heavy atom. The van der Waals surface area contributed by atoms with Gasteiger partial charge in [0.05, 0.1) is 18.4 Å². The quantitative estimate of drug-likeness (QED) is 0.347. The van der Waals surface area contributed by atoms with Gasteiger partial charge in [-0.3, -0.25) is 0 Å². The molecule has 4 rings (SSSR count). The van der Waals surface area contributed by atoms with E-state index in [0.717, 1.165) is 27.3 Å². The molecule has 0 aliphatic carbocycles. The first-order valence-corrected chi connectivity index (χ1v) is 12.5. The van der Waals surface area contributed by atoms with E-state index in [1.807, 2.05) is 30.3 Å². The normalized spacial score (nSPS) is 12.2. The SMILES string of the molecule is C#Cc1ccc(C[C@@H](C(=O)O)n2cc(CNS(=O)(=O)c3ccc(-c4ccccc4)s3)nn2)cc1. The Morgan fingerprint density at radius 3 is 2.53 bits per heavy atom. The molecule has 0 unspecified atom stereocenters. The van der Waals surface area contributed by atoms with E-state index in [4.69, 9.17) is 6.42 Å². The lowest BCUT2D eigenvalue weighted by Gasteiger charge is -2.12. The summed E-state index contributed by atoms with van der Waals surface area (Å²) in [5, 5.41) is 17.5. The molecule has 2 heterocycles. The van der Waals surface area contributed by atoms with Gasteiger partial charge < -0.3 is 5.11 Å². The summed E-state index contributed by atoms with van der Waals surface area (Å²) in [6, 6.07) is 18.8. The largest absolute Gasteiger partial charge is 0.480 e. The molecule has 10 heteroatoms. The zero-order valence-corrected chi connectivity index (χ0v) is 19.5. The van der Waals surface area contributed by atoms with E-state index in [2.05, 4.69) is 21.0 Å². The monoisotopic (exact) mass is 492 g/mol. The second-order valence-electron chi connectivity index (χ2n) is 7.40. The van der Waals surface area contributed by atoms with Crippen LogP contribution in [0.2, 0.25) is 0 Å². The van der Waals surface area contributed by atoms with Crippen molar-refractivity contribution in [3.8, 4) is 22.8 Å². The standard InChI is InChI=1S/C24H20N4O4S2/c1-2-17-8-10-18(11-9-17)14-21(24(29)30)28-16-20(26-27-28)15-25-34(31,32)23-13-12-22(33-23)19-6-4-3-5-7-19/h1,3-13,16,21,25H,14-15H2,(H,29,30)/t21-/m0/s1. The van der Waals surface area contributed by atoms with Gasteiger partial charge in [-0.15, -0.1) is 22.9 Å². The van der Waals surface area contributed by atoms with Crippen LogP contribution in [0.4, 0.5) is 0 Å². The van der Waals surface area contributed by atoms with Crippen LogP contribution >= 0.6 is 11.3 Å². The third-order valence-corrected chi connectivity index (χ3v) is 8.09. The van der Waals surface area contributed by atoms with Gasteiger partial charge >= 0.3 is 5.97 Å². The summed E-state index contributed by atoms with van der Waals surface area (Å²) in [5.74, 6) is 1.43. The van der Waals surface area contributed by atoms with Crippen LogP contribution in [0, 0.1) is 12.3 Å². The zero-order valence-electron chi connectivity index (χ0n) is 17.8. The van der Waals surface area contributed by atoms with E-state index >= 15 is 0 Å². The van der Waals surface area contributed by atoms with Crippen molar-refractivity contribution in [2.24, 2.45) is 0 Å². The van der Waals surface area contributed by atoms with Crippen LogP contribution in [0.1, 0.15) is 22.9 Å². The number of sulfonamides is 1. The molecule has 0 fully saturated rings. The molecule has 0 saturated carbocycles. The second kappa shape index (κ2) is 10.0. The van der Waals surface area contributed by atoms with Gasteiger partial charge in [0.25, 0.3) is 0 Å². The third-order valence-electron chi connectivity index (χ3n) is 5.06. The summed E-state index contributed by atoms with van der Waals surface area (Å²) < 4.78 is 29.4. The Labute approximate surface area is 200 Å². The lowest BCUT2D eigenvalue weighted by molar-refractivity contribution is -0.141. The van der Waals surface area contributed by atoms with Gasteiger partial charge in [0.1, 0.15) is 4.21 Å². The average molecular weight is 493 g/mol. The number of hydrogen-bond donors (Lipinski definition) is 2. The number of nitrogens with zero attached hydrogens (tertiary/aromatic N) is 3. The highest BCUT2D eigenvalue weighted by Crippen LogP contribution is 2.30. The molecule has 2 aromatic heterocycles. The maximum Gasteiger partial charge on any atom is 0.328 e. The molecule has 0 saturated heterocycles. The summed E-state index contributed by atoms with van der Waals surface area (Å²) in [5.41, 5.74) is 2.71. The molecule has 0 radical (unpaired) electrons. The van der Waals surface area contributed by atoms with E-state index in [9.17, 15) is 18.3 Å². The van der Waals surface area contributed by atoms with Crippen LogP contribution in [0.25, 0.3) is 10.4 Å². The zero-order chi connectivity index (χ0) is 24.1. The lowest BCUT2D eigenvalue weighted by Crippen LogP contribution is -2.23. The van der Waals surface area contributed by atoms with Crippen LogP contribution in [-0.4, -0.2) is 34.5 Å². The van der Waals surface area contributed by atoms with Crippen molar-refractivity contribution in [3.63, 3.8) is 0 Å². The van der Waals surface area contributed by atoms with E-state index in [-0.39, 0.29) is 17.2 Å². The fourth-order valence-electron chi connectivity index (χ4n) is 3.26. The van der Waals surface area contributed by atoms with Crippen molar-refractivity contribution < 1.29 is 18.3 Å². The molecule has 0 aliphatic rings. The van der Waals surface area contributed by atoms with E-state index in [1.54, 1.807) is 36.4 Å². The molecule has 0 amide bonds. The Morgan fingerprint density at radius 2 is 1.85 bits per heavy atom. The summed E-state index contributed by atoms with van der Waals surface area (Å²) in [4.78, 5) is 12.7. The minimum atomic E-state index is -3.77. The average Bonchev–Trinajstić information content (AvgIpc) is 3.53. The number of carboxylic acid groups (broad SMARTS) is 1. The van der Waals surface area contributed by atoms with Crippen molar-refractivity contribution in [1.29, 1.82) is 0 Å². The molecule has 172 valence electrons. The first kappa shape index (κ1) is 23.4. The van der Waals surface area contributed by atoms with Crippen molar-refractivity contribution in [1.82, 2.24) is 19.7 Å². The molecule has 2 N–H and O–H groups in total. The number of rotatable bonds is 9. The summed E-state index contributed by atoms with van der Waals surface area (Å²) >= 11 is 1.16. The van der Waals surface area contributed by atoms with Crippen molar-refractivity contribution in [2.75, 3.05) is 0 Å². The number of carboxylic acids is 1. The second-order valence-corrected chi connectivity index (χ2v) is 10.5. The molecule has 0 bridgehead atoms. The minimum absolute atomic E-state index is 0.121. The highest BCUT2D eigenvalue weighted by atomic mass is 32.2. The molecule has 2 aromatic carbocycles. The fourth-order valence-corrected chi connectivity index (χ4v) is 5.62. The Bertz CT molecular complexity index is 1440. The number of hydrogen-bond acceptors (Lipinski definition) is 6. The van der Waals surface area contributed by atoms with Gasteiger partial charge in [0.15, 0.2) is 6.04 Å². The number of nitrogens with one attached hydrogen (secondary N) is 1. The Hall–Kier alpha value is -3.78. The van der Waals surface area contributed by atoms with Crippen LogP contribution < -0.4 is 4.72 Å². The number of aromatic nitrogens is 3. The number of benzene rings is 2. The van der Waals surface area contributed by atoms with E-state index < -0.39 is 22.0 Å². The lowest BCUT2D eigenvalue weighted by atomic mass is 10.0. The summed E-state index contributed by atoms with van der Waals surface area (Å²) in [6.07, 6.45) is 6.96. The third kappa shape index (κ3) is 5.40. The number of aliphatic carboxylic acids is 1. The van der Waals surface area contributed by atoms with Crippen LogP contribution in [0.3, 0.4) is 0 Å². The maximum absolute atomic E-state index is 12.7. The minimum Gasteiger partial charge on any atom is -0.480 e. The van der Waals surface area contributed by atoms with Crippen molar-refractivity contribution >= 4 is 27.3 Å². The number of carbonyl (C=O) groups is 1. The van der Waals surface area contributed by atoms with Gasteiger partial charge in [-0.05, 0) is 35.4 Å². The molecule has 8 nitrogen and oxygen atoms in total. The first-order chi connectivity index (χ1) is 16.4. The van der Waals surface area contributed by atoms with Gasteiger partial charge in [0, 0.05) is 16.9 Å². The predicted octanol–water partition coefficient (Wildman–Crippen LogP) is 3.33. The van der Waals surface area contributed by atoms with Gasteiger partial charge in [-0.25, -0.2) is 22.6 Å². The van der Waals surface area contributed by atoms with Crippen molar-refractivity contribution in [2.45, 2.75) is 23.2 Å². The molecular formula is C24H20N4O4S2. The smallest absolute Gasteiger partial charge is 0.328 e. The Balaban J connectivity index is 1.43.